The van der Waals surface area contributed by atoms with E-state index in [-0.39, 0.29) is 28.3 Å². The van der Waals surface area contributed by atoms with Crippen LogP contribution in [0.25, 0.3) is 16.8 Å². The van der Waals surface area contributed by atoms with Crippen molar-refractivity contribution in [1.82, 2.24) is 29.1 Å². The number of nitrogens with two attached hydrogens (primary N) is 1. The Balaban J connectivity index is 1.65. The van der Waals surface area contributed by atoms with E-state index in [1.165, 1.54) is 19.2 Å². The van der Waals surface area contributed by atoms with E-state index in [1.54, 1.807) is 0 Å². The Kier molecular flexibility index (Phi) is 6.10. The number of carbonyl (C=O) groups is 1. The van der Waals surface area contributed by atoms with Gasteiger partial charge < -0.3 is 20.7 Å². The van der Waals surface area contributed by atoms with Gasteiger partial charge >= 0.3 is 12.4 Å². The van der Waals surface area contributed by atoms with E-state index >= 15 is 0 Å². The summed E-state index contributed by atoms with van der Waals surface area (Å²) in [5.41, 5.74) is 1.30. The molecule has 4 aromatic heterocycles. The number of halogens is 6. The Bertz CT molecular complexity index is 1490. The van der Waals surface area contributed by atoms with Crippen molar-refractivity contribution < 1.29 is 36.2 Å². The summed E-state index contributed by atoms with van der Waals surface area (Å²) in [7, 11) is 0. The molecule has 0 bridgehead atoms. The van der Waals surface area contributed by atoms with E-state index in [0.717, 1.165) is 34.0 Å². The molecule has 16 heteroatoms. The zero-order valence-electron chi connectivity index (χ0n) is 19.1. The largest absolute Gasteiger partial charge is 0.418 e. The van der Waals surface area contributed by atoms with Crippen molar-refractivity contribution in [3.63, 3.8) is 0 Å². The molecule has 1 atom stereocenters. The first-order valence-corrected chi connectivity index (χ1v) is 10.4. The number of amides is 1. The number of nitrogens with one attached hydrogen (secondary N) is 1. The summed E-state index contributed by atoms with van der Waals surface area (Å²) in [6.45, 7) is 1.21. The first-order valence-electron chi connectivity index (χ1n) is 10.4. The van der Waals surface area contributed by atoms with Gasteiger partial charge in [0, 0.05) is 18.0 Å². The SMILES string of the molecule is Cc1ncc(-c2cc(C(F)(F)F)c3c(N)ncnn23)cc1C(=O)Nc1cn(CC(C)(O)C(F)(F)F)cn1. The van der Waals surface area contributed by atoms with E-state index in [1.807, 2.05) is 0 Å². The van der Waals surface area contributed by atoms with Gasteiger partial charge in [0.25, 0.3) is 5.91 Å². The van der Waals surface area contributed by atoms with Gasteiger partial charge in [-0.25, -0.2) is 14.5 Å². The van der Waals surface area contributed by atoms with Crippen molar-refractivity contribution >= 4 is 23.1 Å². The zero-order valence-corrected chi connectivity index (χ0v) is 19.1. The highest BCUT2D eigenvalue weighted by Gasteiger charge is 2.50. The summed E-state index contributed by atoms with van der Waals surface area (Å²) in [5.74, 6) is -1.29. The fourth-order valence-corrected chi connectivity index (χ4v) is 3.53. The van der Waals surface area contributed by atoms with Gasteiger partial charge in [-0.05, 0) is 26.0 Å². The number of hydrogen-bond acceptors (Lipinski definition) is 7. The first-order chi connectivity index (χ1) is 17.1. The number of alkyl halides is 6. The van der Waals surface area contributed by atoms with Crippen molar-refractivity contribution in [3.8, 4) is 11.3 Å². The zero-order chi connectivity index (χ0) is 27.3. The molecule has 0 aromatic carbocycles. The molecule has 0 saturated heterocycles. The highest BCUT2D eigenvalue weighted by molar-refractivity contribution is 6.05. The van der Waals surface area contributed by atoms with Crippen LogP contribution in [0.15, 0.2) is 37.2 Å². The number of pyridine rings is 1. The van der Waals surface area contributed by atoms with Crippen molar-refractivity contribution in [2.45, 2.75) is 38.3 Å². The summed E-state index contributed by atoms with van der Waals surface area (Å²) in [5, 5.41) is 15.9. The number of aliphatic hydroxyl groups is 1. The van der Waals surface area contributed by atoms with Gasteiger partial charge in [-0.2, -0.15) is 31.4 Å². The molecular weight excluding hydrogens is 510 g/mol. The highest BCUT2D eigenvalue weighted by Crippen LogP contribution is 2.38. The van der Waals surface area contributed by atoms with Crippen LogP contribution in [0.5, 0.6) is 0 Å². The first kappa shape index (κ1) is 25.9. The van der Waals surface area contributed by atoms with Gasteiger partial charge in [0.15, 0.2) is 17.2 Å². The number of fused-ring (bicyclic) bond motifs is 1. The van der Waals surface area contributed by atoms with Gasteiger partial charge in [-0.15, -0.1) is 0 Å². The predicted octanol–water partition coefficient (Wildman–Crippen LogP) is 3.46. The molecule has 4 heterocycles. The molecule has 4 N–H and O–H groups in total. The average Bonchev–Trinajstić information content (AvgIpc) is 3.38. The maximum absolute atomic E-state index is 13.6. The molecule has 0 fully saturated rings. The molecule has 0 spiro atoms. The molecule has 10 nitrogen and oxygen atoms in total. The highest BCUT2D eigenvalue weighted by atomic mass is 19.4. The Morgan fingerprint density at radius 3 is 2.49 bits per heavy atom. The summed E-state index contributed by atoms with van der Waals surface area (Å²) in [6, 6.07) is 2.09. The predicted molar refractivity (Wildman–Crippen MR) is 117 cm³/mol. The second kappa shape index (κ2) is 8.72. The van der Waals surface area contributed by atoms with E-state index in [4.69, 9.17) is 5.73 Å². The minimum absolute atomic E-state index is 0.0418. The van der Waals surface area contributed by atoms with Crippen LogP contribution in [-0.2, 0) is 12.7 Å². The van der Waals surface area contributed by atoms with Crippen LogP contribution in [0.2, 0.25) is 0 Å². The molecule has 0 aliphatic carbocycles. The number of aromatic nitrogens is 6. The lowest BCUT2D eigenvalue weighted by molar-refractivity contribution is -0.257. The molecule has 4 rings (SSSR count). The molecule has 1 amide bonds. The molecule has 0 saturated carbocycles. The summed E-state index contributed by atoms with van der Waals surface area (Å²) >= 11 is 0. The second-order valence-corrected chi connectivity index (χ2v) is 8.36. The second-order valence-electron chi connectivity index (χ2n) is 8.36. The fraction of sp³-hybridized carbons (Fsp3) is 0.286. The van der Waals surface area contributed by atoms with Crippen LogP contribution >= 0.6 is 0 Å². The Hall–Kier alpha value is -4.21. The Morgan fingerprint density at radius 2 is 1.84 bits per heavy atom. The van der Waals surface area contributed by atoms with Gasteiger partial charge in [-0.1, -0.05) is 0 Å². The summed E-state index contributed by atoms with van der Waals surface area (Å²) in [6.07, 6.45) is -5.36. The quantitative estimate of drug-likeness (QED) is 0.338. The van der Waals surface area contributed by atoms with Crippen LogP contribution in [0.3, 0.4) is 0 Å². The lowest BCUT2D eigenvalue weighted by Gasteiger charge is -2.26. The minimum Gasteiger partial charge on any atom is -0.382 e. The van der Waals surface area contributed by atoms with Crippen LogP contribution in [-0.4, -0.2) is 51.9 Å². The topological polar surface area (TPSA) is 136 Å². The summed E-state index contributed by atoms with van der Waals surface area (Å²) in [4.78, 5) is 24.4. The lowest BCUT2D eigenvalue weighted by atomic mass is 10.1. The standard InChI is InChI=1S/C21H18F6N8O2/c1-10-12(18(36)33-15-6-34(9-31-15)7-19(2,37)21(25,26)27)3-11(5-29-10)14-4-13(20(22,23)24)16-17(28)30-8-32-35(14)16/h3-6,8-9,37H,7H2,1-2H3,(H,33,36)(H2,28,30,32). The van der Waals surface area contributed by atoms with Crippen LogP contribution < -0.4 is 11.1 Å². The molecule has 37 heavy (non-hydrogen) atoms. The number of carbonyl (C=O) groups excluding carboxylic acids is 1. The van der Waals surface area contributed by atoms with Crippen molar-refractivity contribution in [1.29, 1.82) is 0 Å². The van der Waals surface area contributed by atoms with Crippen molar-refractivity contribution in [2.24, 2.45) is 0 Å². The van der Waals surface area contributed by atoms with Crippen molar-refractivity contribution in [2.75, 3.05) is 11.1 Å². The van der Waals surface area contributed by atoms with Crippen LogP contribution in [0, 0.1) is 6.92 Å². The normalized spacial score (nSPS) is 14.1. The summed E-state index contributed by atoms with van der Waals surface area (Å²) < 4.78 is 81.5. The molecular formula is C21H18F6N8O2. The van der Waals surface area contributed by atoms with Crippen molar-refractivity contribution in [3.05, 3.63) is 54.0 Å². The number of rotatable bonds is 5. The molecule has 196 valence electrons. The van der Waals surface area contributed by atoms with Crippen LogP contribution in [0.4, 0.5) is 38.0 Å². The van der Waals surface area contributed by atoms with Gasteiger partial charge in [0.05, 0.1) is 35.4 Å². The number of hydrogen-bond donors (Lipinski definition) is 3. The number of aryl methyl sites for hydroxylation is 1. The maximum atomic E-state index is 13.6. The van der Waals surface area contributed by atoms with Gasteiger partial charge in [-0.3, -0.25) is 9.78 Å². The van der Waals surface area contributed by atoms with E-state index in [0.29, 0.717) is 6.92 Å². The van der Waals surface area contributed by atoms with Gasteiger partial charge in [0.2, 0.25) is 0 Å². The number of anilines is 2. The van der Waals surface area contributed by atoms with Crippen LogP contribution in [0.1, 0.15) is 28.5 Å². The smallest absolute Gasteiger partial charge is 0.382 e. The number of imidazole rings is 1. The third kappa shape index (κ3) is 4.91. The molecule has 4 aromatic rings. The lowest BCUT2D eigenvalue weighted by Crippen LogP contribution is -2.45. The molecule has 0 radical (unpaired) electrons. The van der Waals surface area contributed by atoms with Gasteiger partial charge in [0.1, 0.15) is 11.8 Å². The monoisotopic (exact) mass is 528 g/mol. The number of nitrogen functional groups attached to an aromatic ring is 1. The maximum Gasteiger partial charge on any atom is 0.418 e. The number of nitrogens with zero attached hydrogens (tertiary/aromatic N) is 6. The molecule has 1 unspecified atom stereocenters. The molecule has 0 aliphatic rings. The molecule has 0 aliphatic heterocycles. The Morgan fingerprint density at radius 1 is 1.14 bits per heavy atom. The third-order valence-corrected chi connectivity index (χ3v) is 5.49. The Labute approximate surface area is 203 Å². The van der Waals surface area contributed by atoms with E-state index in [9.17, 15) is 36.2 Å². The van der Waals surface area contributed by atoms with E-state index in [2.05, 4.69) is 25.4 Å². The van der Waals surface area contributed by atoms with E-state index < -0.39 is 47.3 Å². The minimum atomic E-state index is -4.89. The fourth-order valence-electron chi connectivity index (χ4n) is 3.53. The third-order valence-electron chi connectivity index (χ3n) is 5.49. The average molecular weight is 528 g/mol.